The van der Waals surface area contributed by atoms with Gasteiger partial charge in [-0.25, -0.2) is 0 Å². The zero-order chi connectivity index (χ0) is 14.9. The van der Waals surface area contributed by atoms with Crippen molar-refractivity contribution in [2.75, 3.05) is 6.54 Å². The Bertz CT molecular complexity index is 438. The Labute approximate surface area is 120 Å². The van der Waals surface area contributed by atoms with E-state index >= 15 is 0 Å². The molecule has 4 heteroatoms. The van der Waals surface area contributed by atoms with E-state index in [0.29, 0.717) is 13.0 Å². The Morgan fingerprint density at radius 3 is 2.35 bits per heavy atom. The van der Waals surface area contributed by atoms with Crippen molar-refractivity contribution in [3.63, 3.8) is 0 Å². The van der Waals surface area contributed by atoms with Gasteiger partial charge in [0.25, 0.3) is 0 Å². The molecule has 0 aromatic heterocycles. The Morgan fingerprint density at radius 2 is 1.80 bits per heavy atom. The molecule has 1 saturated carbocycles. The van der Waals surface area contributed by atoms with Gasteiger partial charge in [-0.15, -0.1) is 0 Å². The number of aliphatic hydroxyl groups excluding tert-OH is 2. The zero-order valence-corrected chi connectivity index (χ0v) is 12.4. The van der Waals surface area contributed by atoms with Crippen molar-refractivity contribution in [1.82, 2.24) is 5.32 Å². The Morgan fingerprint density at radius 1 is 1.20 bits per heavy atom. The minimum Gasteiger partial charge on any atom is -0.390 e. The predicted molar refractivity (Wildman–Crippen MR) is 78.6 cm³/mol. The van der Waals surface area contributed by atoms with E-state index in [1.165, 1.54) is 5.56 Å². The molecule has 1 aliphatic rings. The van der Waals surface area contributed by atoms with Gasteiger partial charge in [0.15, 0.2) is 0 Å². The average Bonchev–Trinajstić information content (AvgIpc) is 2.63. The van der Waals surface area contributed by atoms with Crippen molar-refractivity contribution in [3.8, 4) is 0 Å². The molecule has 20 heavy (non-hydrogen) atoms. The van der Waals surface area contributed by atoms with Gasteiger partial charge < -0.3 is 20.6 Å². The molecule has 0 amide bonds. The van der Waals surface area contributed by atoms with Gasteiger partial charge in [0.2, 0.25) is 0 Å². The van der Waals surface area contributed by atoms with Gasteiger partial charge >= 0.3 is 0 Å². The highest BCUT2D eigenvalue weighted by molar-refractivity contribution is 5.28. The number of nitrogens with one attached hydrogen (secondary N) is 1. The van der Waals surface area contributed by atoms with Crippen LogP contribution in [-0.2, 0) is 0 Å². The number of hydrogen-bond acceptors (Lipinski definition) is 4. The molecular weight excluding hydrogens is 254 g/mol. The first kappa shape index (κ1) is 15.4. The summed E-state index contributed by atoms with van der Waals surface area (Å²) in [5.41, 5.74) is 1.46. The lowest BCUT2D eigenvalue weighted by Crippen LogP contribution is -2.47. The van der Waals surface area contributed by atoms with Gasteiger partial charge in [-0.1, -0.05) is 29.8 Å². The molecule has 1 aromatic carbocycles. The standard InChI is InChI=1S/C16H25NO3/c1-10-4-6-11(7-5-10)12-8-13(18)15(19)14(12)17-9-16(2,3)20/h4-7,12-15,17-20H,8-9H2,1-3H3/t12-,13-,14-,15-/m1/s1. The molecule has 1 fully saturated rings. The van der Waals surface area contributed by atoms with Crippen LogP contribution >= 0.6 is 0 Å². The molecule has 4 N–H and O–H groups in total. The van der Waals surface area contributed by atoms with E-state index in [0.717, 1.165) is 5.56 Å². The highest BCUT2D eigenvalue weighted by Crippen LogP contribution is 2.35. The summed E-state index contributed by atoms with van der Waals surface area (Å²) in [6, 6.07) is 7.94. The van der Waals surface area contributed by atoms with Crippen molar-refractivity contribution in [2.24, 2.45) is 0 Å². The van der Waals surface area contributed by atoms with E-state index in [1.807, 2.05) is 31.2 Å². The van der Waals surface area contributed by atoms with Crippen molar-refractivity contribution >= 4 is 0 Å². The molecule has 0 heterocycles. The van der Waals surface area contributed by atoms with E-state index in [1.54, 1.807) is 13.8 Å². The van der Waals surface area contributed by atoms with Gasteiger partial charge in [0, 0.05) is 18.5 Å². The second kappa shape index (κ2) is 5.82. The zero-order valence-electron chi connectivity index (χ0n) is 12.4. The summed E-state index contributed by atoms with van der Waals surface area (Å²) >= 11 is 0. The summed E-state index contributed by atoms with van der Waals surface area (Å²) in [4.78, 5) is 0. The van der Waals surface area contributed by atoms with Crippen LogP contribution in [-0.4, -0.2) is 45.7 Å². The van der Waals surface area contributed by atoms with Gasteiger partial charge in [-0.2, -0.15) is 0 Å². The van der Waals surface area contributed by atoms with Gasteiger partial charge in [-0.3, -0.25) is 0 Å². The van der Waals surface area contributed by atoms with Crippen LogP contribution in [0.1, 0.15) is 37.3 Å². The lowest BCUT2D eigenvalue weighted by Gasteiger charge is -2.27. The summed E-state index contributed by atoms with van der Waals surface area (Å²) in [5, 5.41) is 33.1. The maximum Gasteiger partial charge on any atom is 0.0957 e. The molecule has 0 radical (unpaired) electrons. The minimum absolute atomic E-state index is 0.0583. The maximum atomic E-state index is 10.1. The summed E-state index contributed by atoms with van der Waals surface area (Å²) in [6.45, 7) is 5.85. The molecule has 0 aliphatic heterocycles. The first-order valence-corrected chi connectivity index (χ1v) is 7.16. The molecule has 2 rings (SSSR count). The predicted octanol–water partition coefficient (Wildman–Crippen LogP) is 0.933. The molecule has 4 atom stereocenters. The average molecular weight is 279 g/mol. The highest BCUT2D eigenvalue weighted by Gasteiger charge is 2.42. The van der Waals surface area contributed by atoms with Crippen LogP contribution in [0.5, 0.6) is 0 Å². The van der Waals surface area contributed by atoms with E-state index < -0.39 is 17.8 Å². The number of aryl methyl sites for hydroxylation is 1. The number of benzene rings is 1. The van der Waals surface area contributed by atoms with E-state index in [9.17, 15) is 15.3 Å². The third-order valence-corrected chi connectivity index (χ3v) is 3.97. The van der Waals surface area contributed by atoms with Crippen LogP contribution < -0.4 is 5.32 Å². The quantitative estimate of drug-likeness (QED) is 0.662. The smallest absolute Gasteiger partial charge is 0.0957 e. The van der Waals surface area contributed by atoms with Gasteiger partial charge in [0.1, 0.15) is 0 Å². The minimum atomic E-state index is -0.842. The molecule has 1 aromatic rings. The van der Waals surface area contributed by atoms with E-state index in [4.69, 9.17) is 0 Å². The number of aliphatic hydroxyl groups is 3. The number of rotatable bonds is 4. The highest BCUT2D eigenvalue weighted by atomic mass is 16.3. The van der Waals surface area contributed by atoms with Crippen LogP contribution in [0.3, 0.4) is 0 Å². The van der Waals surface area contributed by atoms with E-state index in [-0.39, 0.29) is 12.0 Å². The second-order valence-electron chi connectivity index (χ2n) is 6.53. The monoisotopic (exact) mass is 279 g/mol. The second-order valence-corrected chi connectivity index (χ2v) is 6.53. The molecular formula is C16H25NO3. The molecule has 1 aliphatic carbocycles. The van der Waals surface area contributed by atoms with Crippen molar-refractivity contribution in [2.45, 2.75) is 57.0 Å². The van der Waals surface area contributed by atoms with Crippen LogP contribution in [0, 0.1) is 6.92 Å². The normalized spacial score (nSPS) is 30.7. The van der Waals surface area contributed by atoms with Crippen LogP contribution in [0.4, 0.5) is 0 Å². The van der Waals surface area contributed by atoms with Crippen molar-refractivity contribution in [1.29, 1.82) is 0 Å². The molecule has 0 spiro atoms. The molecule has 4 nitrogen and oxygen atoms in total. The van der Waals surface area contributed by atoms with E-state index in [2.05, 4.69) is 5.32 Å². The van der Waals surface area contributed by atoms with Gasteiger partial charge in [-0.05, 0) is 32.8 Å². The first-order valence-electron chi connectivity index (χ1n) is 7.16. The summed E-state index contributed by atoms with van der Waals surface area (Å²) in [5.74, 6) is 0.0583. The molecule has 0 unspecified atom stereocenters. The lowest BCUT2D eigenvalue weighted by molar-refractivity contribution is 0.0212. The van der Waals surface area contributed by atoms with Crippen molar-refractivity contribution < 1.29 is 15.3 Å². The number of hydrogen-bond donors (Lipinski definition) is 4. The van der Waals surface area contributed by atoms with Crippen LogP contribution in [0.25, 0.3) is 0 Å². The Hall–Kier alpha value is -0.940. The summed E-state index contributed by atoms with van der Waals surface area (Å²) < 4.78 is 0. The fraction of sp³-hybridized carbons (Fsp3) is 0.625. The molecule has 112 valence electrons. The first-order chi connectivity index (χ1) is 9.28. The maximum absolute atomic E-state index is 10.1. The summed E-state index contributed by atoms with van der Waals surface area (Å²) in [7, 11) is 0. The topological polar surface area (TPSA) is 72.7 Å². The molecule has 0 saturated heterocycles. The van der Waals surface area contributed by atoms with Gasteiger partial charge in [0.05, 0.1) is 17.8 Å². The summed E-state index contributed by atoms with van der Waals surface area (Å²) in [6.07, 6.45) is -0.988. The fourth-order valence-corrected chi connectivity index (χ4v) is 2.81. The fourth-order valence-electron chi connectivity index (χ4n) is 2.81. The van der Waals surface area contributed by atoms with Crippen LogP contribution in [0.15, 0.2) is 24.3 Å². The Kier molecular flexibility index (Phi) is 4.49. The van der Waals surface area contributed by atoms with Crippen LogP contribution in [0.2, 0.25) is 0 Å². The molecule has 0 bridgehead atoms. The van der Waals surface area contributed by atoms with Crippen molar-refractivity contribution in [3.05, 3.63) is 35.4 Å². The Balaban J connectivity index is 2.15. The largest absolute Gasteiger partial charge is 0.390 e. The SMILES string of the molecule is Cc1ccc([C@H]2C[C@@H](O)[C@@H](O)[C@@H]2NCC(C)(C)O)cc1. The third kappa shape index (κ3) is 3.58. The third-order valence-electron chi connectivity index (χ3n) is 3.97. The lowest BCUT2D eigenvalue weighted by atomic mass is 9.92.